The molecule has 0 aliphatic carbocycles. The molecule has 0 radical (unpaired) electrons. The van der Waals surface area contributed by atoms with Gasteiger partial charge in [0.1, 0.15) is 17.1 Å². The van der Waals surface area contributed by atoms with Crippen molar-refractivity contribution in [1.29, 1.82) is 0 Å². The lowest BCUT2D eigenvalue weighted by Gasteiger charge is -2.34. The Morgan fingerprint density at radius 2 is 1.91 bits per heavy atom. The number of sulfonamides is 1. The first kappa shape index (κ1) is 22.2. The minimum absolute atomic E-state index is 0.130. The van der Waals surface area contributed by atoms with Crippen LogP contribution in [0.5, 0.6) is 0 Å². The van der Waals surface area contributed by atoms with Gasteiger partial charge in [0, 0.05) is 29.1 Å². The summed E-state index contributed by atoms with van der Waals surface area (Å²) in [5.74, 6) is -1.14. The third-order valence-electron chi connectivity index (χ3n) is 5.73. The second-order valence-corrected chi connectivity index (χ2v) is 11.1. The number of benzene rings is 2. The molecule has 5 rings (SSSR count). The molecule has 4 aromatic rings. The molecule has 0 amide bonds. The zero-order valence-electron chi connectivity index (χ0n) is 18.4. The Morgan fingerprint density at radius 3 is 2.71 bits per heavy atom. The number of nitrogens with two attached hydrogens (primary N) is 1. The van der Waals surface area contributed by atoms with Crippen molar-refractivity contribution in [2.24, 2.45) is 10.7 Å². The van der Waals surface area contributed by atoms with Gasteiger partial charge in [-0.25, -0.2) is 32.1 Å². The van der Waals surface area contributed by atoms with Crippen LogP contribution < -0.4 is 11.1 Å². The standard InChI is InChI=1S/C23H21FN6O2S2/c1-23(13-34(31,32)30(2)21(25)29-23)16-11-15(8-9-17(16)24)26-22-28-20(12-33-22)19-10-7-14-5-3-4-6-18(14)27-19/h3-12H,13H2,1-2H3,(H2,25,29)(H,26,28)/t23-/m0/s1. The van der Waals surface area contributed by atoms with E-state index in [1.54, 1.807) is 19.1 Å². The summed E-state index contributed by atoms with van der Waals surface area (Å²) in [6.45, 7) is 1.56. The number of nitrogens with one attached hydrogen (secondary N) is 1. The largest absolute Gasteiger partial charge is 0.369 e. The monoisotopic (exact) mass is 496 g/mol. The molecule has 0 bridgehead atoms. The minimum atomic E-state index is -3.72. The van der Waals surface area contributed by atoms with Crippen LogP contribution in [-0.4, -0.2) is 41.5 Å². The molecule has 3 N–H and O–H groups in total. The van der Waals surface area contributed by atoms with Gasteiger partial charge in [-0.05, 0) is 37.3 Å². The molecule has 174 valence electrons. The number of anilines is 2. The molecule has 3 heterocycles. The lowest BCUT2D eigenvalue weighted by atomic mass is 9.93. The fraction of sp³-hybridized carbons (Fsp3) is 0.174. The summed E-state index contributed by atoms with van der Waals surface area (Å²) in [6, 6.07) is 16.2. The normalized spacial score (nSPS) is 19.7. The molecule has 11 heteroatoms. The van der Waals surface area contributed by atoms with Gasteiger partial charge >= 0.3 is 0 Å². The zero-order chi connectivity index (χ0) is 24.1. The molecule has 1 aliphatic heterocycles. The lowest BCUT2D eigenvalue weighted by molar-refractivity contribution is 0.458. The number of aromatic nitrogens is 2. The van der Waals surface area contributed by atoms with E-state index in [1.165, 1.54) is 24.5 Å². The van der Waals surface area contributed by atoms with Gasteiger partial charge in [0.15, 0.2) is 5.13 Å². The molecular weight excluding hydrogens is 475 g/mol. The van der Waals surface area contributed by atoms with Crippen LogP contribution in [-0.2, 0) is 15.6 Å². The predicted molar refractivity (Wildman–Crippen MR) is 133 cm³/mol. The highest BCUT2D eigenvalue weighted by atomic mass is 32.2. The third kappa shape index (κ3) is 3.97. The molecule has 1 atom stereocenters. The Labute approximate surface area is 200 Å². The second kappa shape index (κ2) is 8.03. The number of fused-ring (bicyclic) bond motifs is 1. The Bertz CT molecular complexity index is 1550. The summed E-state index contributed by atoms with van der Waals surface area (Å²) >= 11 is 1.38. The summed E-state index contributed by atoms with van der Waals surface area (Å²) in [4.78, 5) is 13.6. The van der Waals surface area contributed by atoms with Gasteiger partial charge in [-0.1, -0.05) is 24.3 Å². The van der Waals surface area contributed by atoms with E-state index < -0.39 is 27.1 Å². The number of thiazole rings is 1. The van der Waals surface area contributed by atoms with Gasteiger partial charge < -0.3 is 11.1 Å². The number of guanidine groups is 1. The number of aliphatic imine (C=N–C) groups is 1. The van der Waals surface area contributed by atoms with Crippen molar-refractivity contribution in [2.75, 3.05) is 18.1 Å². The Hall–Kier alpha value is -3.57. The predicted octanol–water partition coefficient (Wildman–Crippen LogP) is 4.05. The zero-order valence-corrected chi connectivity index (χ0v) is 20.0. The minimum Gasteiger partial charge on any atom is -0.369 e. The summed E-state index contributed by atoms with van der Waals surface area (Å²) < 4.78 is 40.7. The molecule has 0 fully saturated rings. The number of rotatable bonds is 4. The van der Waals surface area contributed by atoms with Gasteiger partial charge in [-0.15, -0.1) is 11.3 Å². The van der Waals surface area contributed by atoms with E-state index in [1.807, 2.05) is 41.8 Å². The van der Waals surface area contributed by atoms with E-state index >= 15 is 0 Å². The highest BCUT2D eigenvalue weighted by Crippen LogP contribution is 2.36. The number of para-hydroxylation sites is 1. The van der Waals surface area contributed by atoms with Crippen molar-refractivity contribution in [1.82, 2.24) is 14.3 Å². The molecule has 8 nitrogen and oxygen atoms in total. The second-order valence-electron chi connectivity index (χ2n) is 8.21. The van der Waals surface area contributed by atoms with Crippen LogP contribution >= 0.6 is 11.3 Å². The van der Waals surface area contributed by atoms with Gasteiger partial charge in [-0.3, -0.25) is 0 Å². The fourth-order valence-corrected chi connectivity index (χ4v) is 6.06. The van der Waals surface area contributed by atoms with Crippen LogP contribution in [0.15, 0.2) is 65.0 Å². The Balaban J connectivity index is 1.44. The first-order chi connectivity index (χ1) is 16.1. The molecule has 0 saturated heterocycles. The molecule has 2 aromatic carbocycles. The van der Waals surface area contributed by atoms with E-state index in [4.69, 9.17) is 5.73 Å². The van der Waals surface area contributed by atoms with Crippen LogP contribution in [0.25, 0.3) is 22.3 Å². The number of hydrogen-bond acceptors (Lipinski definition) is 8. The van der Waals surface area contributed by atoms with E-state index in [0.29, 0.717) is 16.5 Å². The Morgan fingerprint density at radius 1 is 1.12 bits per heavy atom. The maximum atomic E-state index is 14.8. The fourth-order valence-electron chi connectivity index (χ4n) is 3.88. The summed E-state index contributed by atoms with van der Waals surface area (Å²) in [7, 11) is -2.40. The molecule has 2 aromatic heterocycles. The number of pyridine rings is 1. The highest BCUT2D eigenvalue weighted by molar-refractivity contribution is 7.89. The maximum Gasteiger partial charge on any atom is 0.239 e. The summed E-state index contributed by atoms with van der Waals surface area (Å²) in [5, 5.41) is 6.69. The molecule has 0 spiro atoms. The third-order valence-corrected chi connectivity index (χ3v) is 8.43. The van der Waals surface area contributed by atoms with E-state index in [9.17, 15) is 12.8 Å². The topological polar surface area (TPSA) is 114 Å². The molecular formula is C23H21FN6O2S2. The van der Waals surface area contributed by atoms with Gasteiger partial charge in [-0.2, -0.15) is 0 Å². The summed E-state index contributed by atoms with van der Waals surface area (Å²) in [6.07, 6.45) is 0. The SMILES string of the molecule is CN1C(N)=N[C@](C)(c2cc(Nc3nc(-c4ccc5ccccc5n4)cs3)ccc2F)CS1(=O)=O. The summed E-state index contributed by atoms with van der Waals surface area (Å²) in [5.41, 5.74) is 7.48. The van der Waals surface area contributed by atoms with E-state index in [0.717, 1.165) is 20.9 Å². The van der Waals surface area contributed by atoms with E-state index in [-0.39, 0.29) is 11.5 Å². The highest BCUT2D eigenvalue weighted by Gasteiger charge is 2.41. The van der Waals surface area contributed by atoms with Crippen molar-refractivity contribution in [3.8, 4) is 11.4 Å². The molecule has 0 saturated carbocycles. The van der Waals surface area contributed by atoms with Gasteiger partial charge in [0.2, 0.25) is 16.0 Å². The van der Waals surface area contributed by atoms with Gasteiger partial charge in [0.25, 0.3) is 0 Å². The van der Waals surface area contributed by atoms with Crippen LogP contribution in [0.2, 0.25) is 0 Å². The average Bonchev–Trinajstić information content (AvgIpc) is 3.26. The van der Waals surface area contributed by atoms with Crippen LogP contribution in [0, 0.1) is 5.82 Å². The smallest absolute Gasteiger partial charge is 0.239 e. The molecule has 0 unspecified atom stereocenters. The lowest BCUT2D eigenvalue weighted by Crippen LogP contribution is -2.50. The van der Waals surface area contributed by atoms with Crippen LogP contribution in [0.1, 0.15) is 12.5 Å². The average molecular weight is 497 g/mol. The van der Waals surface area contributed by atoms with Crippen molar-refractivity contribution in [3.63, 3.8) is 0 Å². The van der Waals surface area contributed by atoms with Crippen molar-refractivity contribution in [2.45, 2.75) is 12.5 Å². The number of hydrogen-bond donors (Lipinski definition) is 2. The first-order valence-corrected chi connectivity index (χ1v) is 12.8. The van der Waals surface area contributed by atoms with Gasteiger partial charge in [0.05, 0.1) is 17.0 Å². The first-order valence-electron chi connectivity index (χ1n) is 10.4. The number of nitrogens with zero attached hydrogens (tertiary/aromatic N) is 4. The van der Waals surface area contributed by atoms with Crippen molar-refractivity contribution < 1.29 is 12.8 Å². The number of halogens is 1. The Kier molecular flexibility index (Phi) is 5.25. The van der Waals surface area contributed by atoms with Crippen LogP contribution in [0.3, 0.4) is 0 Å². The van der Waals surface area contributed by atoms with Crippen molar-refractivity contribution >= 4 is 49.0 Å². The molecule has 1 aliphatic rings. The molecule has 34 heavy (non-hydrogen) atoms. The maximum absolute atomic E-state index is 14.8. The van der Waals surface area contributed by atoms with E-state index in [2.05, 4.69) is 20.3 Å². The quantitative estimate of drug-likeness (QED) is 0.441. The van der Waals surface area contributed by atoms with Crippen LogP contribution in [0.4, 0.5) is 15.2 Å². The van der Waals surface area contributed by atoms with Crippen molar-refractivity contribution in [3.05, 3.63) is 71.4 Å².